The lowest BCUT2D eigenvalue weighted by Gasteiger charge is -2.34. The van der Waals surface area contributed by atoms with Crippen LogP contribution in [0.2, 0.25) is 0 Å². The van der Waals surface area contributed by atoms with E-state index >= 15 is 0 Å². The lowest BCUT2D eigenvalue weighted by atomic mass is 9.96. The van der Waals surface area contributed by atoms with Crippen molar-refractivity contribution in [1.29, 1.82) is 0 Å². The fourth-order valence-corrected chi connectivity index (χ4v) is 2.45. The van der Waals surface area contributed by atoms with Gasteiger partial charge in [-0.25, -0.2) is 0 Å². The minimum atomic E-state index is -0.631. The fraction of sp³-hybridized carbons (Fsp3) is 0.700. The Morgan fingerprint density at radius 3 is 2.23 bits per heavy atom. The third-order valence-corrected chi connectivity index (χ3v) is 3.25. The molecule has 72 valence electrons. The molecule has 0 aromatic carbocycles. The Hall–Kier alpha value is -0.830. The minimum Gasteiger partial charge on any atom is -0.480 e. The Labute approximate surface area is 78.0 Å². The van der Waals surface area contributed by atoms with Gasteiger partial charge in [0.1, 0.15) is 5.54 Å². The summed E-state index contributed by atoms with van der Waals surface area (Å²) in [5.74, 6) is -0.631. The van der Waals surface area contributed by atoms with Crippen molar-refractivity contribution in [1.82, 2.24) is 4.90 Å². The molecule has 3 nitrogen and oxygen atoms in total. The van der Waals surface area contributed by atoms with Crippen LogP contribution in [0.5, 0.6) is 0 Å². The number of aliphatic carboxylic acids is 1. The van der Waals surface area contributed by atoms with Crippen molar-refractivity contribution >= 4 is 5.97 Å². The van der Waals surface area contributed by atoms with Crippen LogP contribution in [0.4, 0.5) is 0 Å². The number of carboxylic acid groups (broad SMARTS) is 1. The summed E-state index contributed by atoms with van der Waals surface area (Å²) in [5, 5.41) is 9.25. The fourth-order valence-electron chi connectivity index (χ4n) is 2.45. The Kier molecular flexibility index (Phi) is 2.12. The molecule has 1 fully saturated rings. The number of hydrogen-bond acceptors (Lipinski definition) is 2. The molecule has 1 aliphatic heterocycles. The van der Waals surface area contributed by atoms with Crippen LogP contribution in [0.25, 0.3) is 0 Å². The molecule has 0 aromatic rings. The van der Waals surface area contributed by atoms with Crippen molar-refractivity contribution in [3.8, 4) is 0 Å². The Bertz CT molecular complexity index is 233. The summed E-state index contributed by atoms with van der Waals surface area (Å²) < 4.78 is 0. The van der Waals surface area contributed by atoms with Crippen LogP contribution in [0, 0.1) is 0 Å². The lowest BCUT2D eigenvalue weighted by Crippen LogP contribution is -2.51. The highest BCUT2D eigenvalue weighted by Gasteiger charge is 2.46. The molecule has 1 N–H and O–H groups in total. The first-order valence-corrected chi connectivity index (χ1v) is 4.89. The minimum absolute atomic E-state index is 0.538. The predicted octanol–water partition coefficient (Wildman–Crippen LogP) is 1.26. The van der Waals surface area contributed by atoms with Crippen molar-refractivity contribution in [3.05, 3.63) is 12.2 Å². The summed E-state index contributed by atoms with van der Waals surface area (Å²) in [7, 11) is 0. The summed E-state index contributed by atoms with van der Waals surface area (Å²) in [6.45, 7) is 1.62. The molecule has 0 radical (unpaired) electrons. The second-order valence-electron chi connectivity index (χ2n) is 3.92. The zero-order valence-electron chi connectivity index (χ0n) is 7.70. The van der Waals surface area contributed by atoms with Gasteiger partial charge in [-0.3, -0.25) is 9.69 Å². The average Bonchev–Trinajstić information content (AvgIpc) is 2.75. The quantitative estimate of drug-likeness (QED) is 0.652. The molecule has 2 aliphatic rings. The van der Waals surface area contributed by atoms with Gasteiger partial charge in [-0.2, -0.15) is 0 Å². The highest BCUT2D eigenvalue weighted by molar-refractivity contribution is 5.79. The van der Waals surface area contributed by atoms with Crippen molar-refractivity contribution < 1.29 is 9.90 Å². The maximum absolute atomic E-state index is 11.2. The van der Waals surface area contributed by atoms with Crippen LogP contribution >= 0.6 is 0 Å². The number of carboxylic acids is 1. The zero-order chi connectivity index (χ0) is 9.31. The molecule has 0 amide bonds. The maximum atomic E-state index is 11.2. The van der Waals surface area contributed by atoms with Gasteiger partial charge in [0.15, 0.2) is 0 Å². The van der Waals surface area contributed by atoms with Crippen molar-refractivity contribution in [2.24, 2.45) is 0 Å². The summed E-state index contributed by atoms with van der Waals surface area (Å²) in [4.78, 5) is 13.3. The third kappa shape index (κ3) is 1.27. The molecule has 2 rings (SSSR count). The van der Waals surface area contributed by atoms with E-state index in [0.29, 0.717) is 0 Å². The van der Waals surface area contributed by atoms with Crippen molar-refractivity contribution in [2.75, 3.05) is 13.1 Å². The monoisotopic (exact) mass is 181 g/mol. The SMILES string of the molecule is O=C(O)C1(N2CC=CC2)CCCC1. The van der Waals surface area contributed by atoms with E-state index in [9.17, 15) is 9.90 Å². The Balaban J connectivity index is 2.17. The topological polar surface area (TPSA) is 40.5 Å². The highest BCUT2D eigenvalue weighted by atomic mass is 16.4. The highest BCUT2D eigenvalue weighted by Crippen LogP contribution is 2.36. The Morgan fingerprint density at radius 2 is 1.77 bits per heavy atom. The molecule has 3 heteroatoms. The summed E-state index contributed by atoms with van der Waals surface area (Å²) in [6.07, 6.45) is 7.88. The molecule has 0 aromatic heterocycles. The Morgan fingerprint density at radius 1 is 1.23 bits per heavy atom. The normalized spacial score (nSPS) is 26.8. The molecule has 1 heterocycles. The summed E-state index contributed by atoms with van der Waals surface area (Å²) >= 11 is 0. The maximum Gasteiger partial charge on any atom is 0.324 e. The van der Waals surface area contributed by atoms with E-state index in [1.54, 1.807) is 0 Å². The van der Waals surface area contributed by atoms with Crippen LogP contribution < -0.4 is 0 Å². The van der Waals surface area contributed by atoms with E-state index in [1.165, 1.54) is 0 Å². The molecule has 0 saturated heterocycles. The standard InChI is InChI=1S/C10H15NO2/c12-9(13)10(5-1-2-6-10)11-7-3-4-8-11/h3-4H,1-2,5-8H2,(H,12,13). The van der Waals surface area contributed by atoms with Gasteiger partial charge in [0, 0.05) is 13.1 Å². The molecular weight excluding hydrogens is 166 g/mol. The summed E-state index contributed by atoms with van der Waals surface area (Å²) in [6, 6.07) is 0. The summed E-state index contributed by atoms with van der Waals surface area (Å²) in [5.41, 5.74) is -0.538. The van der Waals surface area contributed by atoms with Gasteiger partial charge in [0.25, 0.3) is 0 Å². The van der Waals surface area contributed by atoms with Gasteiger partial charge in [-0.15, -0.1) is 0 Å². The lowest BCUT2D eigenvalue weighted by molar-refractivity contribution is -0.150. The molecule has 0 unspecified atom stereocenters. The van der Waals surface area contributed by atoms with Gasteiger partial charge in [-0.1, -0.05) is 25.0 Å². The van der Waals surface area contributed by atoms with E-state index in [2.05, 4.69) is 17.1 Å². The molecule has 1 saturated carbocycles. The molecule has 0 spiro atoms. The van der Waals surface area contributed by atoms with Gasteiger partial charge < -0.3 is 5.11 Å². The second-order valence-corrected chi connectivity index (χ2v) is 3.92. The average molecular weight is 181 g/mol. The largest absolute Gasteiger partial charge is 0.480 e. The first kappa shape index (κ1) is 8.75. The number of nitrogens with zero attached hydrogens (tertiary/aromatic N) is 1. The van der Waals surface area contributed by atoms with E-state index in [-0.39, 0.29) is 0 Å². The van der Waals surface area contributed by atoms with Gasteiger partial charge in [0.05, 0.1) is 0 Å². The molecule has 0 atom stereocenters. The molecule has 13 heavy (non-hydrogen) atoms. The van der Waals surface area contributed by atoms with Crippen LogP contribution in [0.1, 0.15) is 25.7 Å². The second kappa shape index (κ2) is 3.14. The number of rotatable bonds is 2. The number of carbonyl (C=O) groups is 1. The predicted molar refractivity (Wildman–Crippen MR) is 49.5 cm³/mol. The van der Waals surface area contributed by atoms with Crippen LogP contribution in [-0.2, 0) is 4.79 Å². The van der Waals surface area contributed by atoms with Gasteiger partial charge in [0.2, 0.25) is 0 Å². The van der Waals surface area contributed by atoms with Crippen LogP contribution in [-0.4, -0.2) is 34.6 Å². The third-order valence-electron chi connectivity index (χ3n) is 3.25. The first-order chi connectivity index (χ1) is 6.26. The molecule has 0 bridgehead atoms. The van der Waals surface area contributed by atoms with E-state index in [4.69, 9.17) is 0 Å². The molecule has 1 aliphatic carbocycles. The number of hydrogen-bond donors (Lipinski definition) is 1. The first-order valence-electron chi connectivity index (χ1n) is 4.89. The van der Waals surface area contributed by atoms with E-state index in [0.717, 1.165) is 38.8 Å². The van der Waals surface area contributed by atoms with Gasteiger partial charge in [-0.05, 0) is 12.8 Å². The van der Waals surface area contributed by atoms with Crippen molar-refractivity contribution in [2.45, 2.75) is 31.2 Å². The molecular formula is C10H15NO2. The van der Waals surface area contributed by atoms with E-state index in [1.807, 2.05) is 0 Å². The van der Waals surface area contributed by atoms with E-state index < -0.39 is 11.5 Å². The zero-order valence-corrected chi connectivity index (χ0v) is 7.70. The van der Waals surface area contributed by atoms with Gasteiger partial charge >= 0.3 is 5.97 Å². The van der Waals surface area contributed by atoms with Crippen LogP contribution in [0.15, 0.2) is 12.2 Å². The van der Waals surface area contributed by atoms with Crippen molar-refractivity contribution in [3.63, 3.8) is 0 Å². The smallest absolute Gasteiger partial charge is 0.324 e. The van der Waals surface area contributed by atoms with Crippen LogP contribution in [0.3, 0.4) is 0 Å².